The quantitative estimate of drug-likeness (QED) is 0.0974. The van der Waals surface area contributed by atoms with E-state index in [1.165, 1.54) is 47.8 Å². The summed E-state index contributed by atoms with van der Waals surface area (Å²) in [6, 6.07) is 15.9. The van der Waals surface area contributed by atoms with Crippen LogP contribution in [0.4, 0.5) is 11.4 Å². The van der Waals surface area contributed by atoms with Crippen LogP contribution >= 0.6 is 23.5 Å². The number of amides is 2. The number of thioether (sulfide) groups is 2. The number of carboxylic acids is 1. The molecule has 3 aromatic carbocycles. The average Bonchev–Trinajstić information content (AvgIpc) is 3.22. The number of carbonyl (C=O) groups excluding carboxylic acids is 2. The number of aliphatic carboxylic acids is 1. The number of unbranched alkanes of at least 4 members (excludes halogenated alkanes) is 2. The molecule has 0 fully saturated rings. The number of fused-ring (bicyclic) bond motifs is 1. The van der Waals surface area contributed by atoms with Gasteiger partial charge in [0.25, 0.3) is 11.8 Å². The van der Waals surface area contributed by atoms with Crippen LogP contribution in [0.2, 0.25) is 0 Å². The van der Waals surface area contributed by atoms with Crippen molar-refractivity contribution in [1.29, 1.82) is 0 Å². The lowest BCUT2D eigenvalue weighted by atomic mass is 9.87. The first-order valence-electron chi connectivity index (χ1n) is 17.2. The largest absolute Gasteiger partial charge is 0.508 e. The van der Waals surface area contributed by atoms with Crippen molar-refractivity contribution in [2.24, 2.45) is 0 Å². The molecule has 0 aliphatic carbocycles. The molecule has 5 N–H and O–H groups in total. The summed E-state index contributed by atoms with van der Waals surface area (Å²) in [5, 5.41) is 24.6. The van der Waals surface area contributed by atoms with Crippen LogP contribution in [-0.2, 0) is 26.2 Å². The summed E-state index contributed by atoms with van der Waals surface area (Å²) in [6.07, 6.45) is 8.51. The number of anilines is 2. The zero-order valence-electron chi connectivity index (χ0n) is 29.9. The maximum Gasteiger partial charge on any atom is 0.327 e. The fraction of sp³-hybridized carbons (Fsp3) is 0.432. The molecule has 0 saturated heterocycles. The monoisotopic (exact) mass is 772 g/mol. The first-order valence-corrected chi connectivity index (χ1v) is 21.3. The summed E-state index contributed by atoms with van der Waals surface area (Å²) in [7, 11) is -4.03. The number of carbonyl (C=O) groups is 3. The Morgan fingerprint density at radius 2 is 1.71 bits per heavy atom. The van der Waals surface area contributed by atoms with E-state index in [-0.39, 0.29) is 34.3 Å². The molecular formula is C37H48N4O8S3. The third kappa shape index (κ3) is 10.4. The summed E-state index contributed by atoms with van der Waals surface area (Å²) in [4.78, 5) is 40.4. The third-order valence-electron chi connectivity index (χ3n) is 8.83. The Kier molecular flexibility index (Phi) is 14.7. The molecule has 0 unspecified atom stereocenters. The second-order valence-electron chi connectivity index (χ2n) is 12.7. The summed E-state index contributed by atoms with van der Waals surface area (Å²) >= 11 is 2.63. The Morgan fingerprint density at radius 1 is 1.02 bits per heavy atom. The predicted molar refractivity (Wildman–Crippen MR) is 206 cm³/mol. The molecule has 0 radical (unpaired) electrons. The van der Waals surface area contributed by atoms with Gasteiger partial charge >= 0.3 is 5.97 Å². The van der Waals surface area contributed by atoms with Crippen molar-refractivity contribution in [3.8, 4) is 11.5 Å². The molecule has 0 aromatic heterocycles. The van der Waals surface area contributed by atoms with E-state index >= 15 is 0 Å². The van der Waals surface area contributed by atoms with Crippen molar-refractivity contribution in [3.05, 3.63) is 71.8 Å². The van der Waals surface area contributed by atoms with Crippen molar-refractivity contribution in [2.75, 3.05) is 36.3 Å². The van der Waals surface area contributed by atoms with Crippen LogP contribution in [0.1, 0.15) is 68.3 Å². The van der Waals surface area contributed by atoms with Crippen LogP contribution in [0.15, 0.2) is 70.5 Å². The number of ether oxygens (including phenoxy) is 1. The molecule has 0 spiro atoms. The van der Waals surface area contributed by atoms with Gasteiger partial charge in [0.15, 0.2) is 6.61 Å². The Morgan fingerprint density at radius 3 is 2.33 bits per heavy atom. The third-order valence-corrected chi connectivity index (χ3v) is 11.9. The predicted octanol–water partition coefficient (Wildman–Crippen LogP) is 5.90. The Hall–Kier alpha value is -3.92. The highest BCUT2D eigenvalue weighted by Crippen LogP contribution is 2.44. The molecule has 15 heteroatoms. The maximum absolute atomic E-state index is 14.2. The molecule has 2 amide bonds. The average molecular weight is 773 g/mol. The van der Waals surface area contributed by atoms with E-state index in [0.717, 1.165) is 31.4 Å². The van der Waals surface area contributed by atoms with Crippen LogP contribution in [0.5, 0.6) is 11.5 Å². The standard InChI is InChI=1S/C37H48N4O8S3/c1-5-7-16-37(17-8-6-2)24-41(26-12-10-9-11-13-26)30-19-32(51-4)31(20-33(30)52(47,48)40-37)49-22-34(43)38-21-25-14-15-27(42)18-28(25)35(44)39-29(23-50-3)36(45)46/h9-15,18-20,29,40,42H,5-8,16-17,21-24H2,1-4H3,(H,38,43)(H,39,44)(H,45,46)/t29-/m0/s1. The van der Waals surface area contributed by atoms with Crippen LogP contribution in [0.3, 0.4) is 0 Å². The van der Waals surface area contributed by atoms with E-state index in [1.807, 2.05) is 36.6 Å². The topological polar surface area (TPSA) is 174 Å². The second kappa shape index (κ2) is 18.7. The fourth-order valence-corrected chi connectivity index (χ4v) is 8.90. The minimum Gasteiger partial charge on any atom is -0.508 e. The Balaban J connectivity index is 1.60. The van der Waals surface area contributed by atoms with Crippen LogP contribution in [0.25, 0.3) is 0 Å². The Bertz CT molecular complexity index is 1820. The van der Waals surface area contributed by atoms with E-state index in [2.05, 4.69) is 34.1 Å². The summed E-state index contributed by atoms with van der Waals surface area (Å²) in [6.45, 7) is 4.07. The number of nitrogens with one attached hydrogen (secondary N) is 3. The van der Waals surface area contributed by atoms with Gasteiger partial charge in [0.05, 0.1) is 16.1 Å². The number of phenols is 1. The molecule has 1 aliphatic rings. The number of carboxylic acid groups (broad SMARTS) is 1. The first-order chi connectivity index (χ1) is 24.9. The second-order valence-corrected chi connectivity index (χ2v) is 16.1. The maximum atomic E-state index is 14.2. The molecule has 282 valence electrons. The summed E-state index contributed by atoms with van der Waals surface area (Å²) in [5.74, 6) is -2.27. The molecule has 1 atom stereocenters. The van der Waals surface area contributed by atoms with E-state index in [9.17, 15) is 33.0 Å². The number of phenolic OH excluding ortho intramolecular Hbond substituents is 1. The highest BCUT2D eigenvalue weighted by Gasteiger charge is 2.42. The zero-order valence-corrected chi connectivity index (χ0v) is 32.4. The van der Waals surface area contributed by atoms with Gasteiger partial charge in [-0.25, -0.2) is 17.9 Å². The van der Waals surface area contributed by atoms with E-state index < -0.39 is 46.0 Å². The number of sulfonamides is 1. The van der Waals surface area contributed by atoms with Crippen molar-refractivity contribution in [1.82, 2.24) is 15.4 Å². The fourth-order valence-electron chi connectivity index (χ4n) is 6.14. The molecule has 4 rings (SSSR count). The van der Waals surface area contributed by atoms with E-state index in [1.54, 1.807) is 12.3 Å². The van der Waals surface area contributed by atoms with Gasteiger partial charge < -0.3 is 30.5 Å². The lowest BCUT2D eigenvalue weighted by Crippen LogP contribution is -2.53. The normalized spacial score (nSPS) is 15.2. The number of aromatic hydroxyl groups is 1. The molecule has 52 heavy (non-hydrogen) atoms. The van der Waals surface area contributed by atoms with Gasteiger partial charge in [-0.2, -0.15) is 11.8 Å². The van der Waals surface area contributed by atoms with Gasteiger partial charge in [-0.05, 0) is 61.2 Å². The van der Waals surface area contributed by atoms with E-state index in [4.69, 9.17) is 4.74 Å². The van der Waals surface area contributed by atoms with Gasteiger partial charge in [-0.15, -0.1) is 11.8 Å². The molecule has 3 aromatic rings. The number of hydrogen-bond acceptors (Lipinski definition) is 10. The number of para-hydroxylation sites is 1. The lowest BCUT2D eigenvalue weighted by molar-refractivity contribution is -0.138. The smallest absolute Gasteiger partial charge is 0.327 e. The summed E-state index contributed by atoms with van der Waals surface area (Å²) < 4.78 is 37.6. The van der Waals surface area contributed by atoms with Gasteiger partial charge in [0.2, 0.25) is 10.0 Å². The van der Waals surface area contributed by atoms with Gasteiger partial charge in [0, 0.05) is 36.2 Å². The SMILES string of the molecule is CCCCC1(CCCC)CN(c2ccccc2)c2cc(SC)c(OCC(=O)NCc3ccc(O)cc3C(=O)N[C@@H](CSC)C(=O)O)cc2S(=O)(=O)N1. The van der Waals surface area contributed by atoms with Crippen molar-refractivity contribution in [3.63, 3.8) is 0 Å². The molecule has 1 aliphatic heterocycles. The Labute approximate surface area is 314 Å². The minimum absolute atomic E-state index is 0.0126. The lowest BCUT2D eigenvalue weighted by Gasteiger charge is -2.37. The highest BCUT2D eigenvalue weighted by atomic mass is 32.2. The number of hydrogen-bond donors (Lipinski definition) is 5. The molecule has 1 heterocycles. The molecule has 0 bridgehead atoms. The van der Waals surface area contributed by atoms with Gasteiger partial charge in [-0.3, -0.25) is 9.59 Å². The zero-order chi connectivity index (χ0) is 37.9. The van der Waals surface area contributed by atoms with Crippen LogP contribution in [-0.4, -0.2) is 79.4 Å². The van der Waals surface area contributed by atoms with Crippen molar-refractivity contribution >= 4 is 62.7 Å². The van der Waals surface area contributed by atoms with Crippen molar-refractivity contribution < 1.29 is 37.8 Å². The van der Waals surface area contributed by atoms with Gasteiger partial charge in [-0.1, -0.05) is 63.8 Å². The highest BCUT2D eigenvalue weighted by molar-refractivity contribution is 7.98. The summed E-state index contributed by atoms with van der Waals surface area (Å²) in [5.41, 5.74) is 1.05. The van der Waals surface area contributed by atoms with E-state index in [0.29, 0.717) is 35.5 Å². The number of rotatable bonds is 18. The van der Waals surface area contributed by atoms with Crippen LogP contribution < -0.4 is 25.0 Å². The number of benzene rings is 3. The molecule has 0 saturated carbocycles. The molecule has 12 nitrogen and oxygen atoms in total. The minimum atomic E-state index is -4.03. The van der Waals surface area contributed by atoms with Crippen LogP contribution in [0, 0.1) is 0 Å². The van der Waals surface area contributed by atoms with Gasteiger partial charge in [0.1, 0.15) is 22.4 Å². The number of nitrogens with zero attached hydrogens (tertiary/aromatic N) is 1. The molecular weight excluding hydrogens is 725 g/mol. The van der Waals surface area contributed by atoms with Crippen molar-refractivity contribution in [2.45, 2.75) is 80.3 Å². The first kappa shape index (κ1) is 40.8.